The SMILES string of the molecule is CSc1ccccc1OCCNCc1sccc1C. The van der Waals surface area contributed by atoms with Crippen molar-refractivity contribution in [3.8, 4) is 5.75 Å². The molecule has 0 saturated carbocycles. The minimum absolute atomic E-state index is 0.696. The monoisotopic (exact) mass is 293 g/mol. The standard InChI is InChI=1S/C15H19NOS2/c1-12-7-10-19-15(12)11-16-8-9-17-13-5-3-4-6-14(13)18-2/h3-7,10,16H,8-9,11H2,1-2H3. The molecule has 0 radical (unpaired) electrons. The zero-order valence-corrected chi connectivity index (χ0v) is 12.9. The normalized spacial score (nSPS) is 10.6. The van der Waals surface area contributed by atoms with Crippen molar-refractivity contribution >= 4 is 23.1 Å². The maximum absolute atomic E-state index is 5.80. The smallest absolute Gasteiger partial charge is 0.132 e. The van der Waals surface area contributed by atoms with Crippen LogP contribution in [0.5, 0.6) is 5.75 Å². The van der Waals surface area contributed by atoms with Gasteiger partial charge in [0.05, 0.1) is 0 Å². The van der Waals surface area contributed by atoms with Crippen LogP contribution >= 0.6 is 23.1 Å². The van der Waals surface area contributed by atoms with Crippen LogP contribution in [0.1, 0.15) is 10.4 Å². The van der Waals surface area contributed by atoms with Gasteiger partial charge >= 0.3 is 0 Å². The van der Waals surface area contributed by atoms with Crippen molar-refractivity contribution in [3.05, 3.63) is 46.2 Å². The van der Waals surface area contributed by atoms with Crippen molar-refractivity contribution in [2.24, 2.45) is 0 Å². The molecule has 0 saturated heterocycles. The largest absolute Gasteiger partial charge is 0.491 e. The summed E-state index contributed by atoms with van der Waals surface area (Å²) in [4.78, 5) is 2.60. The highest BCUT2D eigenvalue weighted by atomic mass is 32.2. The lowest BCUT2D eigenvalue weighted by Gasteiger charge is -2.10. The van der Waals surface area contributed by atoms with Gasteiger partial charge in [-0.1, -0.05) is 12.1 Å². The van der Waals surface area contributed by atoms with E-state index in [1.54, 1.807) is 23.1 Å². The van der Waals surface area contributed by atoms with Crippen LogP contribution in [0.4, 0.5) is 0 Å². The Bertz CT molecular complexity index is 510. The molecule has 0 aliphatic rings. The number of thiophene rings is 1. The van der Waals surface area contributed by atoms with Crippen LogP contribution in [0.3, 0.4) is 0 Å². The van der Waals surface area contributed by atoms with Gasteiger partial charge in [-0.2, -0.15) is 0 Å². The summed E-state index contributed by atoms with van der Waals surface area (Å²) in [6.45, 7) is 4.64. The second-order valence-electron chi connectivity index (χ2n) is 4.20. The summed E-state index contributed by atoms with van der Waals surface area (Å²) in [7, 11) is 0. The molecular weight excluding hydrogens is 274 g/mol. The van der Waals surface area contributed by atoms with Gasteiger partial charge in [-0.25, -0.2) is 0 Å². The molecule has 0 amide bonds. The van der Waals surface area contributed by atoms with E-state index in [4.69, 9.17) is 4.74 Å². The van der Waals surface area contributed by atoms with Crippen LogP contribution in [-0.4, -0.2) is 19.4 Å². The molecule has 0 aliphatic carbocycles. The summed E-state index contributed by atoms with van der Waals surface area (Å²) in [6, 6.07) is 10.3. The van der Waals surface area contributed by atoms with Crippen LogP contribution < -0.4 is 10.1 Å². The molecule has 0 atom stereocenters. The molecule has 2 aromatic rings. The lowest BCUT2D eigenvalue weighted by Crippen LogP contribution is -2.20. The summed E-state index contributed by atoms with van der Waals surface area (Å²) in [5, 5.41) is 5.55. The fraction of sp³-hybridized carbons (Fsp3) is 0.333. The number of hydrogen-bond acceptors (Lipinski definition) is 4. The van der Waals surface area contributed by atoms with E-state index >= 15 is 0 Å². The first kappa shape index (κ1) is 14.4. The zero-order chi connectivity index (χ0) is 13.5. The summed E-state index contributed by atoms with van der Waals surface area (Å²) in [5.74, 6) is 0.976. The highest BCUT2D eigenvalue weighted by Gasteiger charge is 2.01. The van der Waals surface area contributed by atoms with Gasteiger partial charge in [0.15, 0.2) is 0 Å². The number of rotatable bonds is 7. The quantitative estimate of drug-likeness (QED) is 0.617. The average Bonchev–Trinajstić information content (AvgIpc) is 2.84. The maximum atomic E-state index is 5.80. The molecule has 0 unspecified atom stereocenters. The Morgan fingerprint density at radius 3 is 2.84 bits per heavy atom. The summed E-state index contributed by atoms with van der Waals surface area (Å²) in [6.07, 6.45) is 2.07. The minimum atomic E-state index is 0.696. The van der Waals surface area contributed by atoms with E-state index in [1.807, 2.05) is 18.2 Å². The van der Waals surface area contributed by atoms with E-state index in [2.05, 4.69) is 36.0 Å². The Kier molecular flexibility index (Phi) is 5.76. The number of para-hydroxylation sites is 1. The minimum Gasteiger partial charge on any atom is -0.491 e. The molecule has 0 bridgehead atoms. The lowest BCUT2D eigenvalue weighted by atomic mass is 10.3. The van der Waals surface area contributed by atoms with Crippen molar-refractivity contribution in [3.63, 3.8) is 0 Å². The third-order valence-electron chi connectivity index (χ3n) is 2.86. The molecule has 0 spiro atoms. The maximum Gasteiger partial charge on any atom is 0.132 e. The third-order valence-corrected chi connectivity index (χ3v) is 4.66. The molecular formula is C15H19NOS2. The highest BCUT2D eigenvalue weighted by molar-refractivity contribution is 7.98. The van der Waals surface area contributed by atoms with Crippen LogP contribution in [0.2, 0.25) is 0 Å². The van der Waals surface area contributed by atoms with Crippen molar-refractivity contribution in [2.45, 2.75) is 18.4 Å². The van der Waals surface area contributed by atoms with Gasteiger partial charge in [0.2, 0.25) is 0 Å². The third kappa shape index (κ3) is 4.27. The van der Waals surface area contributed by atoms with Crippen molar-refractivity contribution < 1.29 is 4.74 Å². The zero-order valence-electron chi connectivity index (χ0n) is 11.3. The Balaban J connectivity index is 1.71. The number of thioether (sulfide) groups is 1. The van der Waals surface area contributed by atoms with Gasteiger partial charge in [-0.15, -0.1) is 23.1 Å². The predicted octanol–water partition coefficient (Wildman–Crippen LogP) is 3.95. The fourth-order valence-electron chi connectivity index (χ4n) is 1.76. The van der Waals surface area contributed by atoms with E-state index in [0.29, 0.717) is 6.61 Å². The Hall–Kier alpha value is -0.970. The number of nitrogens with one attached hydrogen (secondary N) is 1. The molecule has 19 heavy (non-hydrogen) atoms. The van der Waals surface area contributed by atoms with E-state index < -0.39 is 0 Å². The number of aryl methyl sites for hydroxylation is 1. The molecule has 1 aromatic heterocycles. The molecule has 1 aromatic carbocycles. The first-order valence-corrected chi connectivity index (χ1v) is 8.41. The van der Waals surface area contributed by atoms with Crippen molar-refractivity contribution in [2.75, 3.05) is 19.4 Å². The number of benzene rings is 1. The molecule has 2 nitrogen and oxygen atoms in total. The topological polar surface area (TPSA) is 21.3 Å². The summed E-state index contributed by atoms with van der Waals surface area (Å²) in [5.41, 5.74) is 1.37. The number of ether oxygens (including phenoxy) is 1. The van der Waals surface area contributed by atoms with Gasteiger partial charge in [-0.3, -0.25) is 0 Å². The van der Waals surface area contributed by atoms with Crippen LogP contribution in [0.15, 0.2) is 40.6 Å². The van der Waals surface area contributed by atoms with Gasteiger partial charge < -0.3 is 10.1 Å². The van der Waals surface area contributed by atoms with E-state index in [1.165, 1.54) is 15.3 Å². The van der Waals surface area contributed by atoms with Gasteiger partial charge in [-0.05, 0) is 42.3 Å². The van der Waals surface area contributed by atoms with Crippen LogP contribution in [-0.2, 0) is 6.54 Å². The molecule has 0 fully saturated rings. The van der Waals surface area contributed by atoms with Gasteiger partial charge in [0.1, 0.15) is 12.4 Å². The van der Waals surface area contributed by atoms with Gasteiger partial charge in [0, 0.05) is 22.9 Å². The van der Waals surface area contributed by atoms with Crippen LogP contribution in [0, 0.1) is 6.92 Å². The van der Waals surface area contributed by atoms with E-state index in [9.17, 15) is 0 Å². The Morgan fingerprint density at radius 2 is 2.11 bits per heavy atom. The van der Waals surface area contributed by atoms with E-state index in [0.717, 1.165) is 18.8 Å². The first-order chi connectivity index (χ1) is 9.31. The number of hydrogen-bond donors (Lipinski definition) is 1. The molecule has 1 heterocycles. The molecule has 0 aliphatic heterocycles. The van der Waals surface area contributed by atoms with Crippen LogP contribution in [0.25, 0.3) is 0 Å². The highest BCUT2D eigenvalue weighted by Crippen LogP contribution is 2.26. The van der Waals surface area contributed by atoms with Crippen molar-refractivity contribution in [1.82, 2.24) is 5.32 Å². The first-order valence-electron chi connectivity index (χ1n) is 6.31. The molecule has 1 N–H and O–H groups in total. The van der Waals surface area contributed by atoms with Crippen molar-refractivity contribution in [1.29, 1.82) is 0 Å². The molecule has 4 heteroatoms. The Morgan fingerprint density at radius 1 is 1.26 bits per heavy atom. The van der Waals surface area contributed by atoms with Gasteiger partial charge in [0.25, 0.3) is 0 Å². The predicted molar refractivity (Wildman–Crippen MR) is 84.5 cm³/mol. The second kappa shape index (κ2) is 7.58. The fourth-order valence-corrected chi connectivity index (χ4v) is 3.18. The average molecular weight is 293 g/mol. The molecule has 102 valence electrons. The lowest BCUT2D eigenvalue weighted by molar-refractivity contribution is 0.307. The summed E-state index contributed by atoms with van der Waals surface area (Å²) >= 11 is 3.52. The van der Waals surface area contributed by atoms with E-state index in [-0.39, 0.29) is 0 Å². The Labute approximate surface area is 123 Å². The summed E-state index contributed by atoms with van der Waals surface area (Å²) < 4.78 is 5.80. The molecule has 2 rings (SSSR count). The second-order valence-corrected chi connectivity index (χ2v) is 6.05.